The quantitative estimate of drug-likeness (QED) is 0.0665. The zero-order valence-corrected chi connectivity index (χ0v) is 26.6. The molecule has 23 heteroatoms. The SMILES string of the molecule is Nc1ncnc2c1ncn2[C@@H]1O[C@H](COPS)[C@@H](OP(=O)(S)OC[C@H]2O[C@@H](n3cnc4c(N)ncnc43)[C@H](CC=O)[C@@H]2O)[C@H]1O. The van der Waals surface area contributed by atoms with Crippen molar-refractivity contribution in [2.24, 2.45) is 5.92 Å². The summed E-state index contributed by atoms with van der Waals surface area (Å²) < 4.78 is 45.2. The normalized spacial score (nSPS) is 30.1. The fourth-order valence-electron chi connectivity index (χ4n) is 5.38. The first kappa shape index (κ1) is 32.4. The van der Waals surface area contributed by atoms with Crippen LogP contribution in [0.4, 0.5) is 11.6 Å². The molecule has 2 aliphatic rings. The van der Waals surface area contributed by atoms with E-state index in [9.17, 15) is 19.6 Å². The molecule has 0 saturated carbocycles. The number of nitrogens with two attached hydrogens (primary N) is 2. The van der Waals surface area contributed by atoms with Gasteiger partial charge in [-0.2, -0.15) is 0 Å². The molecule has 6 heterocycles. The molecule has 4 aromatic rings. The van der Waals surface area contributed by atoms with Gasteiger partial charge in [0.25, 0.3) is 0 Å². The predicted molar refractivity (Wildman–Crippen MR) is 164 cm³/mol. The summed E-state index contributed by atoms with van der Waals surface area (Å²) >= 11 is 8.18. The number of aromatic nitrogens is 8. The standard InChI is InChI=1S/C22H28N10O9P2S2/c23-17-12-19(27-5-25-17)31(7-29-12)21-9(1-2-33)14(34)10(39-21)4-38-43(36,45)41-16-11(3-37-42-44)40-22(15(16)35)32-8-30-13-18(24)26-6-28-20(13)32/h2,5-11,14-16,21-22,34-35,42,44H,1,3-4H2,(H,36,45)(H2,23,25,27)(H2,24,26,28)/t9-,10-,11-,14+,15-,16-,21-,22-,43?/m1/s1. The molecule has 0 amide bonds. The second-order valence-corrected chi connectivity index (χ2v) is 14.0. The van der Waals surface area contributed by atoms with Crippen LogP contribution in [0.25, 0.3) is 22.3 Å². The lowest BCUT2D eigenvalue weighted by molar-refractivity contribution is -0.110. The second kappa shape index (κ2) is 13.3. The first-order chi connectivity index (χ1) is 21.6. The van der Waals surface area contributed by atoms with E-state index in [0.29, 0.717) is 28.6 Å². The largest absolute Gasteiger partial charge is 0.390 e. The van der Waals surface area contributed by atoms with Crippen molar-refractivity contribution in [1.82, 2.24) is 39.0 Å². The Morgan fingerprint density at radius 3 is 2.13 bits per heavy atom. The Hall–Kier alpha value is -2.55. The lowest BCUT2D eigenvalue weighted by Crippen LogP contribution is -2.36. The number of nitrogen functional groups attached to an aromatic ring is 2. The third-order valence-electron chi connectivity index (χ3n) is 7.47. The van der Waals surface area contributed by atoms with E-state index in [0.717, 1.165) is 0 Å². The minimum absolute atomic E-state index is 0.0718. The molecule has 0 aromatic carbocycles. The summed E-state index contributed by atoms with van der Waals surface area (Å²) in [5, 5.41) is 22.3. The minimum Gasteiger partial charge on any atom is -0.390 e. The van der Waals surface area contributed by atoms with Crippen LogP contribution in [-0.2, 0) is 32.4 Å². The Labute approximate surface area is 266 Å². The maximum atomic E-state index is 13.5. The van der Waals surface area contributed by atoms with Gasteiger partial charge < -0.3 is 40.5 Å². The predicted octanol–water partition coefficient (Wildman–Crippen LogP) is 0.447. The number of carbonyl (C=O) groups excluding carboxylic acids is 1. The summed E-state index contributed by atoms with van der Waals surface area (Å²) in [6.07, 6.45) is -2.03. The summed E-state index contributed by atoms with van der Waals surface area (Å²) in [5.41, 5.74) is 13.0. The van der Waals surface area contributed by atoms with E-state index in [1.807, 2.05) is 0 Å². The van der Waals surface area contributed by atoms with Crippen LogP contribution in [0.3, 0.4) is 0 Å². The van der Waals surface area contributed by atoms with Gasteiger partial charge in [0.15, 0.2) is 29.2 Å². The Bertz CT molecular complexity index is 1740. The molecule has 242 valence electrons. The van der Waals surface area contributed by atoms with Crippen LogP contribution in [0.5, 0.6) is 0 Å². The molecular formula is C22H28N10O9P2S2. The Kier molecular flexibility index (Phi) is 9.56. The van der Waals surface area contributed by atoms with Crippen molar-refractivity contribution >= 4 is 79.6 Å². The number of rotatable bonds is 12. The highest BCUT2D eigenvalue weighted by Gasteiger charge is 2.50. The van der Waals surface area contributed by atoms with Gasteiger partial charge in [-0.15, -0.1) is 12.2 Å². The van der Waals surface area contributed by atoms with Crippen molar-refractivity contribution in [3.05, 3.63) is 25.3 Å². The zero-order valence-electron chi connectivity index (χ0n) is 23.0. The summed E-state index contributed by atoms with van der Waals surface area (Å²) in [6, 6.07) is 0. The molecule has 19 nitrogen and oxygen atoms in total. The fraction of sp³-hybridized carbons (Fsp3) is 0.500. The van der Waals surface area contributed by atoms with E-state index in [-0.39, 0.29) is 32.7 Å². The van der Waals surface area contributed by atoms with E-state index < -0.39 is 62.3 Å². The molecule has 0 bridgehead atoms. The van der Waals surface area contributed by atoms with Gasteiger partial charge in [-0.1, -0.05) is 12.2 Å². The minimum atomic E-state index is -4.25. The molecule has 4 aromatic heterocycles. The molecule has 45 heavy (non-hydrogen) atoms. The van der Waals surface area contributed by atoms with E-state index in [1.165, 1.54) is 34.4 Å². The van der Waals surface area contributed by atoms with Gasteiger partial charge in [-0.05, 0) is 0 Å². The molecule has 0 aliphatic carbocycles. The number of hydrogen-bond acceptors (Lipinski definition) is 18. The molecule has 0 radical (unpaired) electrons. The third-order valence-corrected chi connectivity index (χ3v) is 9.77. The van der Waals surface area contributed by atoms with Crippen molar-refractivity contribution < 1.29 is 42.6 Å². The van der Waals surface area contributed by atoms with Crippen LogP contribution < -0.4 is 11.5 Å². The molecule has 2 unspecified atom stereocenters. The number of anilines is 2. The molecule has 2 saturated heterocycles. The summed E-state index contributed by atoms with van der Waals surface area (Å²) in [6.45, 7) is -4.78. The van der Waals surface area contributed by atoms with E-state index in [2.05, 4.69) is 54.4 Å². The van der Waals surface area contributed by atoms with Crippen LogP contribution in [0, 0.1) is 5.92 Å². The van der Waals surface area contributed by atoms with Gasteiger partial charge in [0, 0.05) is 12.3 Å². The monoisotopic (exact) mass is 702 g/mol. The maximum Gasteiger partial charge on any atom is 0.386 e. The lowest BCUT2D eigenvalue weighted by Gasteiger charge is -2.25. The van der Waals surface area contributed by atoms with Gasteiger partial charge >= 0.3 is 6.80 Å². The lowest BCUT2D eigenvalue weighted by atomic mass is 9.97. The van der Waals surface area contributed by atoms with Crippen molar-refractivity contribution in [2.75, 3.05) is 24.7 Å². The second-order valence-electron chi connectivity index (χ2n) is 10.1. The van der Waals surface area contributed by atoms with Crippen LogP contribution in [-0.4, -0.2) is 99.3 Å². The maximum absolute atomic E-state index is 13.5. The molecule has 0 spiro atoms. The summed E-state index contributed by atoms with van der Waals surface area (Å²) in [5.74, 6) is -0.451. The average molecular weight is 703 g/mol. The van der Waals surface area contributed by atoms with E-state index >= 15 is 0 Å². The number of thiol groups is 2. The van der Waals surface area contributed by atoms with Crippen molar-refractivity contribution in [3.8, 4) is 0 Å². The van der Waals surface area contributed by atoms with Gasteiger partial charge in [0.05, 0.1) is 40.0 Å². The molecular weight excluding hydrogens is 674 g/mol. The summed E-state index contributed by atoms with van der Waals surface area (Å²) in [4.78, 5) is 36.1. The van der Waals surface area contributed by atoms with Gasteiger partial charge in [0.1, 0.15) is 60.6 Å². The average Bonchev–Trinajstić information content (AvgIpc) is 3.77. The Balaban J connectivity index is 1.17. The molecule has 10 atom stereocenters. The first-order valence-corrected chi connectivity index (χ1v) is 18.2. The van der Waals surface area contributed by atoms with E-state index in [4.69, 9.17) is 34.5 Å². The number of fused-ring (bicyclic) bond motifs is 2. The molecule has 6 N–H and O–H groups in total. The van der Waals surface area contributed by atoms with Crippen molar-refractivity contribution in [1.29, 1.82) is 0 Å². The number of nitrogens with zero attached hydrogens (tertiary/aromatic N) is 8. The van der Waals surface area contributed by atoms with Crippen LogP contribution in [0.2, 0.25) is 0 Å². The Morgan fingerprint density at radius 1 is 0.933 bits per heavy atom. The first-order valence-electron chi connectivity index (χ1n) is 13.3. The van der Waals surface area contributed by atoms with Crippen LogP contribution in [0.1, 0.15) is 18.9 Å². The number of carbonyl (C=O) groups is 1. The van der Waals surface area contributed by atoms with Gasteiger partial charge in [-0.3, -0.25) is 18.2 Å². The number of imidazole rings is 2. The fourth-order valence-corrected chi connectivity index (χ4v) is 7.33. The number of aliphatic hydroxyl groups is 2. The highest BCUT2D eigenvalue weighted by atomic mass is 32.7. The van der Waals surface area contributed by atoms with Gasteiger partial charge in [0.2, 0.25) is 0 Å². The van der Waals surface area contributed by atoms with E-state index in [1.54, 1.807) is 0 Å². The smallest absolute Gasteiger partial charge is 0.386 e. The number of aldehydes is 1. The summed E-state index contributed by atoms with van der Waals surface area (Å²) in [7, 11) is -0.208. The highest BCUT2D eigenvalue weighted by Crippen LogP contribution is 2.57. The highest BCUT2D eigenvalue weighted by molar-refractivity contribution is 8.44. The Morgan fingerprint density at radius 2 is 1.53 bits per heavy atom. The zero-order chi connectivity index (χ0) is 31.9. The molecule has 2 fully saturated rings. The number of hydrogen-bond donors (Lipinski definition) is 6. The van der Waals surface area contributed by atoms with Crippen molar-refractivity contribution in [3.63, 3.8) is 0 Å². The number of aliphatic hydroxyl groups excluding tert-OH is 2. The molecule has 2 aliphatic heterocycles. The number of ether oxygens (including phenoxy) is 2. The topological polar surface area (TPSA) is 260 Å². The van der Waals surface area contributed by atoms with Crippen LogP contribution in [0.15, 0.2) is 25.3 Å². The van der Waals surface area contributed by atoms with Crippen molar-refractivity contribution in [2.45, 2.75) is 49.4 Å². The van der Waals surface area contributed by atoms with Gasteiger partial charge in [-0.25, -0.2) is 34.5 Å². The molecule has 6 rings (SSSR count). The third kappa shape index (κ3) is 6.27. The van der Waals surface area contributed by atoms with Crippen LogP contribution >= 0.6 is 39.3 Å².